The number of aryl methyl sites for hydroxylation is 1. The Balaban J connectivity index is 2.79. The first-order valence-electron chi connectivity index (χ1n) is 5.22. The minimum absolute atomic E-state index is 0.452. The van der Waals surface area contributed by atoms with E-state index in [1.807, 2.05) is 20.8 Å². The molecule has 1 aromatic heterocycles. The molecule has 1 heterocycles. The molecule has 1 rings (SSSR count). The average molecular weight is 213 g/mol. The molecule has 0 unspecified atom stereocenters. The van der Waals surface area contributed by atoms with Gasteiger partial charge in [-0.05, 0) is 44.2 Å². The summed E-state index contributed by atoms with van der Waals surface area (Å²) in [4.78, 5) is 0. The number of tetrazole rings is 1. The van der Waals surface area contributed by atoms with Crippen molar-refractivity contribution in [1.82, 2.24) is 20.2 Å². The Labute approximate surface area is 89.8 Å². The third-order valence-corrected chi connectivity index (χ3v) is 2.15. The van der Waals surface area contributed by atoms with Crippen LogP contribution in [0.15, 0.2) is 0 Å². The molecule has 0 aliphatic rings. The maximum Gasteiger partial charge on any atom is 0.182 e. The zero-order chi connectivity index (χ0) is 11.3. The Morgan fingerprint density at radius 2 is 2.20 bits per heavy atom. The number of ether oxygens (including phenoxy) is 1. The lowest BCUT2D eigenvalue weighted by atomic mass is 10.1. The number of nitrogens with zero attached hydrogens (tertiary/aromatic N) is 4. The van der Waals surface area contributed by atoms with E-state index in [-0.39, 0.29) is 0 Å². The largest absolute Gasteiger partial charge is 0.368 e. The van der Waals surface area contributed by atoms with Gasteiger partial charge in [0.2, 0.25) is 0 Å². The van der Waals surface area contributed by atoms with Crippen molar-refractivity contribution in [3.05, 3.63) is 5.82 Å². The van der Waals surface area contributed by atoms with Gasteiger partial charge in [0.05, 0.1) is 0 Å². The highest BCUT2D eigenvalue weighted by Gasteiger charge is 2.27. The molecule has 15 heavy (non-hydrogen) atoms. The van der Waals surface area contributed by atoms with Crippen LogP contribution in [-0.4, -0.2) is 33.4 Å². The summed E-state index contributed by atoms with van der Waals surface area (Å²) in [7, 11) is 0. The first-order valence-corrected chi connectivity index (χ1v) is 5.22. The molecule has 0 atom stereocenters. The van der Waals surface area contributed by atoms with Gasteiger partial charge in [-0.15, -0.1) is 5.10 Å². The highest BCUT2D eigenvalue weighted by Crippen LogP contribution is 2.21. The van der Waals surface area contributed by atoms with Crippen LogP contribution in [0.1, 0.15) is 33.0 Å². The van der Waals surface area contributed by atoms with Gasteiger partial charge in [-0.1, -0.05) is 0 Å². The molecule has 6 heteroatoms. The minimum Gasteiger partial charge on any atom is -0.368 e. The van der Waals surface area contributed by atoms with E-state index in [0.717, 1.165) is 18.8 Å². The number of hydrogen-bond donors (Lipinski definition) is 1. The third kappa shape index (κ3) is 2.97. The van der Waals surface area contributed by atoms with E-state index in [1.165, 1.54) is 0 Å². The molecule has 0 saturated heterocycles. The fourth-order valence-electron chi connectivity index (χ4n) is 1.45. The zero-order valence-electron chi connectivity index (χ0n) is 9.60. The number of rotatable bonds is 6. The maximum atomic E-state index is 5.60. The lowest BCUT2D eigenvalue weighted by molar-refractivity contribution is -0.0242. The summed E-state index contributed by atoms with van der Waals surface area (Å²) < 4.78 is 7.35. The van der Waals surface area contributed by atoms with Crippen LogP contribution < -0.4 is 5.73 Å². The fourth-order valence-corrected chi connectivity index (χ4v) is 1.45. The van der Waals surface area contributed by atoms with E-state index in [0.29, 0.717) is 13.2 Å². The Morgan fingerprint density at radius 3 is 2.80 bits per heavy atom. The first-order chi connectivity index (χ1) is 7.11. The first kappa shape index (κ1) is 12.1. The van der Waals surface area contributed by atoms with Crippen molar-refractivity contribution < 1.29 is 4.74 Å². The van der Waals surface area contributed by atoms with Gasteiger partial charge in [-0.25, -0.2) is 4.68 Å². The van der Waals surface area contributed by atoms with Gasteiger partial charge in [0.1, 0.15) is 5.60 Å². The Hall–Kier alpha value is -1.01. The summed E-state index contributed by atoms with van der Waals surface area (Å²) in [5, 5.41) is 11.6. The monoisotopic (exact) mass is 213 g/mol. The maximum absolute atomic E-state index is 5.60. The van der Waals surface area contributed by atoms with Crippen LogP contribution in [0, 0.1) is 0 Å². The summed E-state index contributed by atoms with van der Waals surface area (Å²) >= 11 is 0. The summed E-state index contributed by atoms with van der Waals surface area (Å²) in [5.41, 5.74) is 5.00. The number of aromatic nitrogens is 4. The summed E-state index contributed by atoms with van der Waals surface area (Å²) in [6.07, 6.45) is 0.861. The molecule has 86 valence electrons. The Bertz CT molecular complexity index is 296. The smallest absolute Gasteiger partial charge is 0.182 e. The second kappa shape index (κ2) is 5.18. The highest BCUT2D eigenvalue weighted by atomic mass is 16.5. The third-order valence-electron chi connectivity index (χ3n) is 2.15. The second-order valence-corrected chi connectivity index (χ2v) is 3.81. The van der Waals surface area contributed by atoms with E-state index in [2.05, 4.69) is 15.5 Å². The van der Waals surface area contributed by atoms with Crippen LogP contribution >= 0.6 is 0 Å². The number of hydrogen-bond acceptors (Lipinski definition) is 5. The molecule has 0 bridgehead atoms. The average Bonchev–Trinajstić information content (AvgIpc) is 2.63. The summed E-state index contributed by atoms with van der Waals surface area (Å²) in [6, 6.07) is 0. The highest BCUT2D eigenvalue weighted by molar-refractivity contribution is 4.95. The van der Waals surface area contributed by atoms with E-state index < -0.39 is 5.60 Å². The van der Waals surface area contributed by atoms with Gasteiger partial charge in [-0.2, -0.15) is 0 Å². The van der Waals surface area contributed by atoms with E-state index in [4.69, 9.17) is 10.5 Å². The van der Waals surface area contributed by atoms with Gasteiger partial charge in [0.15, 0.2) is 5.82 Å². The van der Waals surface area contributed by atoms with E-state index in [1.54, 1.807) is 4.68 Å². The zero-order valence-corrected chi connectivity index (χ0v) is 9.60. The quantitative estimate of drug-likeness (QED) is 0.735. The van der Waals surface area contributed by atoms with Crippen molar-refractivity contribution >= 4 is 0 Å². The van der Waals surface area contributed by atoms with Gasteiger partial charge in [0.25, 0.3) is 0 Å². The van der Waals surface area contributed by atoms with Gasteiger partial charge < -0.3 is 10.5 Å². The van der Waals surface area contributed by atoms with Gasteiger partial charge >= 0.3 is 0 Å². The minimum atomic E-state index is -0.452. The van der Waals surface area contributed by atoms with Crippen LogP contribution in [0.3, 0.4) is 0 Å². The molecule has 0 aromatic carbocycles. The predicted octanol–water partition coefficient (Wildman–Crippen LogP) is 0.293. The van der Waals surface area contributed by atoms with Crippen molar-refractivity contribution in [3.63, 3.8) is 0 Å². The molecular formula is C9H19N5O. The van der Waals surface area contributed by atoms with Crippen molar-refractivity contribution in [2.24, 2.45) is 5.73 Å². The lowest BCUT2D eigenvalue weighted by Crippen LogP contribution is -2.27. The molecule has 0 aliphatic carbocycles. The van der Waals surface area contributed by atoms with Gasteiger partial charge in [-0.3, -0.25) is 0 Å². The fraction of sp³-hybridized carbons (Fsp3) is 0.889. The molecular weight excluding hydrogens is 194 g/mol. The molecule has 0 spiro atoms. The lowest BCUT2D eigenvalue weighted by Gasteiger charge is -2.23. The van der Waals surface area contributed by atoms with E-state index in [9.17, 15) is 0 Å². The molecule has 2 N–H and O–H groups in total. The van der Waals surface area contributed by atoms with Gasteiger partial charge in [0, 0.05) is 13.2 Å². The van der Waals surface area contributed by atoms with Crippen LogP contribution in [-0.2, 0) is 16.9 Å². The van der Waals surface area contributed by atoms with Crippen molar-refractivity contribution in [3.8, 4) is 0 Å². The molecule has 0 amide bonds. The van der Waals surface area contributed by atoms with Crippen LogP contribution in [0.25, 0.3) is 0 Å². The van der Waals surface area contributed by atoms with E-state index >= 15 is 0 Å². The second-order valence-electron chi connectivity index (χ2n) is 3.81. The molecule has 0 radical (unpaired) electrons. The molecule has 1 aromatic rings. The standard InChI is InChI=1S/C9H19N5O/c1-4-15-9(2,3)8-11-12-13-14(8)7-5-6-10/h4-7,10H2,1-3H3. The molecule has 0 saturated carbocycles. The SMILES string of the molecule is CCOC(C)(C)c1nnnn1CCCN. The van der Waals surface area contributed by atoms with Crippen molar-refractivity contribution in [2.75, 3.05) is 13.2 Å². The van der Waals surface area contributed by atoms with Crippen molar-refractivity contribution in [1.29, 1.82) is 0 Å². The molecule has 0 fully saturated rings. The van der Waals surface area contributed by atoms with Crippen LogP contribution in [0.5, 0.6) is 0 Å². The Morgan fingerprint density at radius 1 is 1.47 bits per heavy atom. The number of nitrogens with two attached hydrogens (primary N) is 1. The predicted molar refractivity (Wildman–Crippen MR) is 56.1 cm³/mol. The summed E-state index contributed by atoms with van der Waals surface area (Å²) in [6.45, 7) is 7.87. The van der Waals surface area contributed by atoms with Crippen LogP contribution in [0.4, 0.5) is 0 Å². The molecule has 6 nitrogen and oxygen atoms in total. The Kier molecular flexibility index (Phi) is 4.16. The topological polar surface area (TPSA) is 78.9 Å². The summed E-state index contributed by atoms with van der Waals surface area (Å²) in [5.74, 6) is 0.748. The van der Waals surface area contributed by atoms with Crippen molar-refractivity contribution in [2.45, 2.75) is 39.3 Å². The molecule has 0 aliphatic heterocycles. The normalized spacial score (nSPS) is 12.0. The van der Waals surface area contributed by atoms with Crippen LogP contribution in [0.2, 0.25) is 0 Å².